The molecule has 20 heavy (non-hydrogen) atoms. The minimum atomic E-state index is 0.398. The maximum absolute atomic E-state index is 5.43. The number of piperazine rings is 1. The number of nitrogens with two attached hydrogens (primary N) is 1. The summed E-state index contributed by atoms with van der Waals surface area (Å²) in [6.45, 7) is 7.32. The minimum Gasteiger partial charge on any atom is -0.347 e. The largest absolute Gasteiger partial charge is 0.347 e. The lowest BCUT2D eigenvalue weighted by atomic mass is 10.3. The van der Waals surface area contributed by atoms with Crippen LogP contribution in [0.25, 0.3) is 0 Å². The highest BCUT2D eigenvalue weighted by Crippen LogP contribution is 2.16. The lowest BCUT2D eigenvalue weighted by molar-refractivity contribution is 0.257. The van der Waals surface area contributed by atoms with Gasteiger partial charge in [0.1, 0.15) is 0 Å². The van der Waals surface area contributed by atoms with Crippen molar-refractivity contribution < 1.29 is 0 Å². The van der Waals surface area contributed by atoms with E-state index in [0.29, 0.717) is 17.8 Å². The van der Waals surface area contributed by atoms with Crippen molar-refractivity contribution >= 4 is 17.8 Å². The zero-order valence-corrected chi connectivity index (χ0v) is 12.5. The Bertz CT molecular complexity index is 427. The van der Waals surface area contributed by atoms with Crippen LogP contribution in [-0.2, 0) is 0 Å². The molecule has 0 saturated carbocycles. The maximum atomic E-state index is 5.43. The predicted molar refractivity (Wildman–Crippen MR) is 80.9 cm³/mol. The number of hydrogen-bond acceptors (Lipinski definition) is 8. The Labute approximate surface area is 120 Å². The number of nitrogens with zero attached hydrogens (tertiary/aromatic N) is 6. The second-order valence-corrected chi connectivity index (χ2v) is 5.13. The molecule has 0 radical (unpaired) electrons. The van der Waals surface area contributed by atoms with Gasteiger partial charge in [-0.3, -0.25) is 10.3 Å². The van der Waals surface area contributed by atoms with Gasteiger partial charge in [-0.1, -0.05) is 6.92 Å². The molecule has 0 aromatic carbocycles. The van der Waals surface area contributed by atoms with Gasteiger partial charge in [0.2, 0.25) is 17.8 Å². The number of aromatic nitrogens is 3. The molecule has 1 aromatic heterocycles. The van der Waals surface area contributed by atoms with Gasteiger partial charge in [-0.25, -0.2) is 5.84 Å². The molecule has 1 saturated heterocycles. The van der Waals surface area contributed by atoms with Gasteiger partial charge in [0.25, 0.3) is 0 Å². The molecule has 2 rings (SSSR count). The second kappa shape index (κ2) is 6.67. The highest BCUT2D eigenvalue weighted by molar-refractivity contribution is 5.44. The molecule has 0 bridgehead atoms. The SMILES string of the molecule is CCCN1CCN(c2nc(NN)nc(N(C)C)n2)CC1. The van der Waals surface area contributed by atoms with Crippen molar-refractivity contribution in [3.63, 3.8) is 0 Å². The van der Waals surface area contributed by atoms with E-state index >= 15 is 0 Å². The average molecular weight is 280 g/mol. The van der Waals surface area contributed by atoms with Crippen LogP contribution in [0.5, 0.6) is 0 Å². The van der Waals surface area contributed by atoms with Gasteiger partial charge in [-0.05, 0) is 13.0 Å². The molecule has 0 unspecified atom stereocenters. The Morgan fingerprint density at radius 2 is 1.85 bits per heavy atom. The van der Waals surface area contributed by atoms with E-state index in [9.17, 15) is 0 Å². The summed E-state index contributed by atoms with van der Waals surface area (Å²) in [5, 5.41) is 0. The van der Waals surface area contributed by atoms with Crippen LogP contribution in [0.3, 0.4) is 0 Å². The predicted octanol–water partition coefficient (Wildman–Crippen LogP) is -0.245. The Hall–Kier alpha value is -1.67. The van der Waals surface area contributed by atoms with E-state index in [1.165, 1.54) is 6.42 Å². The molecule has 3 N–H and O–H groups in total. The molecular formula is C12H24N8. The first-order chi connectivity index (χ1) is 9.63. The van der Waals surface area contributed by atoms with E-state index in [0.717, 1.165) is 32.7 Å². The summed E-state index contributed by atoms with van der Waals surface area (Å²) >= 11 is 0. The maximum Gasteiger partial charge on any atom is 0.243 e. The Morgan fingerprint density at radius 1 is 1.15 bits per heavy atom. The highest BCUT2D eigenvalue weighted by atomic mass is 15.4. The third-order valence-electron chi connectivity index (χ3n) is 3.34. The molecular weight excluding hydrogens is 256 g/mol. The van der Waals surface area contributed by atoms with E-state index in [4.69, 9.17) is 5.84 Å². The van der Waals surface area contributed by atoms with Gasteiger partial charge >= 0.3 is 0 Å². The molecule has 0 atom stereocenters. The summed E-state index contributed by atoms with van der Waals surface area (Å²) in [6.07, 6.45) is 1.19. The van der Waals surface area contributed by atoms with Crippen LogP contribution in [0, 0.1) is 0 Å². The van der Waals surface area contributed by atoms with Crippen LogP contribution in [-0.4, -0.2) is 66.7 Å². The van der Waals surface area contributed by atoms with Crippen LogP contribution < -0.4 is 21.1 Å². The van der Waals surface area contributed by atoms with Crippen molar-refractivity contribution in [1.82, 2.24) is 19.9 Å². The summed E-state index contributed by atoms with van der Waals surface area (Å²) in [5.41, 5.74) is 2.50. The standard InChI is InChI=1S/C12H24N8/c1-4-5-19-6-8-20(9-7-19)12-15-10(17-13)14-11(16-12)18(2)3/h4-9,13H2,1-3H3,(H,14,15,16,17). The van der Waals surface area contributed by atoms with Crippen molar-refractivity contribution in [2.45, 2.75) is 13.3 Å². The van der Waals surface area contributed by atoms with Gasteiger partial charge in [0.15, 0.2) is 0 Å². The van der Waals surface area contributed by atoms with Crippen molar-refractivity contribution in [2.24, 2.45) is 5.84 Å². The monoisotopic (exact) mass is 280 g/mol. The van der Waals surface area contributed by atoms with Gasteiger partial charge in [0.05, 0.1) is 0 Å². The number of rotatable bonds is 5. The minimum absolute atomic E-state index is 0.398. The molecule has 1 fully saturated rings. The summed E-state index contributed by atoms with van der Waals surface area (Å²) < 4.78 is 0. The van der Waals surface area contributed by atoms with Crippen molar-refractivity contribution in [1.29, 1.82) is 0 Å². The van der Waals surface area contributed by atoms with Crippen molar-refractivity contribution in [2.75, 3.05) is 62.0 Å². The fourth-order valence-corrected chi connectivity index (χ4v) is 2.25. The molecule has 1 aromatic rings. The van der Waals surface area contributed by atoms with Crippen LogP contribution in [0.15, 0.2) is 0 Å². The molecule has 1 aliphatic rings. The average Bonchev–Trinajstić information content (AvgIpc) is 2.47. The molecule has 0 amide bonds. The zero-order chi connectivity index (χ0) is 14.5. The van der Waals surface area contributed by atoms with E-state index in [-0.39, 0.29) is 0 Å². The molecule has 0 aliphatic carbocycles. The first kappa shape index (κ1) is 14.7. The first-order valence-electron chi connectivity index (χ1n) is 7.01. The number of anilines is 3. The molecule has 112 valence electrons. The summed E-state index contributed by atoms with van der Waals surface area (Å²) in [4.78, 5) is 19.6. The van der Waals surface area contributed by atoms with Crippen LogP contribution in [0.2, 0.25) is 0 Å². The van der Waals surface area contributed by atoms with Gasteiger partial charge < -0.3 is 9.80 Å². The van der Waals surface area contributed by atoms with Crippen LogP contribution in [0.1, 0.15) is 13.3 Å². The summed E-state index contributed by atoms with van der Waals surface area (Å²) in [6, 6.07) is 0. The number of nitrogen functional groups attached to an aromatic ring is 1. The van der Waals surface area contributed by atoms with E-state index in [2.05, 4.69) is 37.1 Å². The Balaban J connectivity index is 2.10. The number of hydrazine groups is 1. The fraction of sp³-hybridized carbons (Fsp3) is 0.750. The third kappa shape index (κ3) is 3.45. The summed E-state index contributed by atoms with van der Waals surface area (Å²) in [7, 11) is 3.80. The zero-order valence-electron chi connectivity index (χ0n) is 12.5. The lowest BCUT2D eigenvalue weighted by Gasteiger charge is -2.34. The fourth-order valence-electron chi connectivity index (χ4n) is 2.25. The molecule has 8 nitrogen and oxygen atoms in total. The lowest BCUT2D eigenvalue weighted by Crippen LogP contribution is -2.47. The van der Waals surface area contributed by atoms with E-state index < -0.39 is 0 Å². The first-order valence-corrected chi connectivity index (χ1v) is 7.01. The van der Waals surface area contributed by atoms with E-state index in [1.807, 2.05) is 19.0 Å². The van der Waals surface area contributed by atoms with Gasteiger partial charge in [0, 0.05) is 40.3 Å². The Morgan fingerprint density at radius 3 is 2.40 bits per heavy atom. The quantitative estimate of drug-likeness (QED) is 0.564. The van der Waals surface area contributed by atoms with E-state index in [1.54, 1.807) is 0 Å². The number of nitrogens with one attached hydrogen (secondary N) is 1. The normalized spacial score (nSPS) is 16.3. The van der Waals surface area contributed by atoms with Crippen LogP contribution >= 0.6 is 0 Å². The van der Waals surface area contributed by atoms with Crippen LogP contribution in [0.4, 0.5) is 17.8 Å². The topological polar surface area (TPSA) is 86.4 Å². The summed E-state index contributed by atoms with van der Waals surface area (Å²) in [5.74, 6) is 7.13. The van der Waals surface area contributed by atoms with Gasteiger partial charge in [-0.2, -0.15) is 15.0 Å². The number of hydrogen-bond donors (Lipinski definition) is 2. The molecule has 0 spiro atoms. The molecule has 8 heteroatoms. The van der Waals surface area contributed by atoms with Crippen molar-refractivity contribution in [3.05, 3.63) is 0 Å². The molecule has 2 heterocycles. The Kier molecular flexibility index (Phi) is 4.91. The smallest absolute Gasteiger partial charge is 0.243 e. The van der Waals surface area contributed by atoms with Gasteiger partial charge in [-0.15, -0.1) is 0 Å². The van der Waals surface area contributed by atoms with Crippen molar-refractivity contribution in [3.8, 4) is 0 Å². The third-order valence-corrected chi connectivity index (χ3v) is 3.34. The second-order valence-electron chi connectivity index (χ2n) is 5.13. The molecule has 1 aliphatic heterocycles. The highest BCUT2D eigenvalue weighted by Gasteiger charge is 2.20.